The molecule has 1 N–H and O–H groups in total. The van der Waals surface area contributed by atoms with Crippen LogP contribution in [0.15, 0.2) is 24.4 Å². The molecule has 192 valence electrons. The molecule has 3 aromatic rings. The molecule has 1 aliphatic carbocycles. The summed E-state index contributed by atoms with van der Waals surface area (Å²) >= 11 is 0. The molecule has 2 unspecified atom stereocenters. The number of nitrogens with zero attached hydrogens (tertiary/aromatic N) is 5. The van der Waals surface area contributed by atoms with Crippen LogP contribution >= 0.6 is 0 Å². The number of rotatable bonds is 3. The molecule has 1 saturated heterocycles. The summed E-state index contributed by atoms with van der Waals surface area (Å²) in [5.74, 6) is 1.22. The number of aliphatic hydroxyl groups excluding tert-OH is 1. The Morgan fingerprint density at radius 2 is 1.92 bits per heavy atom. The van der Waals surface area contributed by atoms with Crippen LogP contribution in [0.4, 0.5) is 9.18 Å². The third kappa shape index (κ3) is 4.81. The lowest BCUT2D eigenvalue weighted by Crippen LogP contribution is -2.46. The number of hydrogen-bond donors (Lipinski definition) is 1. The molecule has 1 amide bonds. The average molecular weight is 496 g/mol. The molecule has 9 heteroatoms. The van der Waals surface area contributed by atoms with E-state index in [0.29, 0.717) is 37.4 Å². The highest BCUT2D eigenvalue weighted by Crippen LogP contribution is 2.37. The molecule has 2 atom stereocenters. The smallest absolute Gasteiger partial charge is 0.410 e. The van der Waals surface area contributed by atoms with Crippen LogP contribution < -0.4 is 0 Å². The fourth-order valence-electron chi connectivity index (χ4n) is 5.25. The zero-order valence-electron chi connectivity index (χ0n) is 21.5. The fourth-order valence-corrected chi connectivity index (χ4v) is 5.25. The first-order valence-electron chi connectivity index (χ1n) is 12.6. The molecule has 0 bridgehead atoms. The van der Waals surface area contributed by atoms with Crippen molar-refractivity contribution in [3.8, 4) is 5.82 Å². The van der Waals surface area contributed by atoms with E-state index < -0.39 is 17.9 Å². The molecular weight excluding hydrogens is 461 g/mol. The number of benzene rings is 1. The molecular formula is C27H34FN5O3. The Labute approximate surface area is 210 Å². The predicted octanol–water partition coefficient (Wildman–Crippen LogP) is 4.73. The summed E-state index contributed by atoms with van der Waals surface area (Å²) in [6, 6.07) is 5.99. The van der Waals surface area contributed by atoms with Gasteiger partial charge in [-0.3, -0.25) is 0 Å². The Balaban J connectivity index is 1.43. The van der Waals surface area contributed by atoms with Crippen molar-refractivity contribution in [3.63, 3.8) is 0 Å². The lowest BCUT2D eigenvalue weighted by molar-refractivity contribution is 0.0111. The second kappa shape index (κ2) is 9.10. The van der Waals surface area contributed by atoms with Gasteiger partial charge in [0, 0.05) is 35.5 Å². The molecule has 0 radical (unpaired) electrons. The highest BCUT2D eigenvalue weighted by atomic mass is 19.1. The number of hydrogen-bond acceptors (Lipinski definition) is 6. The van der Waals surface area contributed by atoms with Crippen LogP contribution in [0.3, 0.4) is 0 Å². The summed E-state index contributed by atoms with van der Waals surface area (Å²) in [7, 11) is 0. The highest BCUT2D eigenvalue weighted by molar-refractivity contribution is 5.82. The predicted molar refractivity (Wildman–Crippen MR) is 134 cm³/mol. The van der Waals surface area contributed by atoms with Gasteiger partial charge in [0.05, 0.1) is 24.4 Å². The first-order valence-corrected chi connectivity index (χ1v) is 12.6. The molecule has 2 aliphatic rings. The normalized spacial score (nSPS) is 24.6. The van der Waals surface area contributed by atoms with Gasteiger partial charge in [-0.2, -0.15) is 5.10 Å². The number of carbonyl (C=O) groups excluding carboxylic acids is 1. The number of aryl methyl sites for hydroxylation is 2. The van der Waals surface area contributed by atoms with Gasteiger partial charge in [-0.15, -0.1) is 0 Å². The molecule has 0 spiro atoms. The Hall–Kier alpha value is -3.07. The van der Waals surface area contributed by atoms with Crippen molar-refractivity contribution >= 4 is 17.0 Å². The van der Waals surface area contributed by atoms with Crippen LogP contribution in [0.2, 0.25) is 0 Å². The summed E-state index contributed by atoms with van der Waals surface area (Å²) in [6.45, 7) is 9.73. The van der Waals surface area contributed by atoms with E-state index in [-0.39, 0.29) is 24.5 Å². The topological polar surface area (TPSA) is 93.4 Å². The quantitative estimate of drug-likeness (QED) is 0.565. The number of halogens is 1. The van der Waals surface area contributed by atoms with E-state index in [4.69, 9.17) is 4.74 Å². The number of fused-ring (bicyclic) bond motifs is 1. The summed E-state index contributed by atoms with van der Waals surface area (Å²) in [6.07, 6.45) is 1.80. The summed E-state index contributed by atoms with van der Waals surface area (Å²) in [4.78, 5) is 23.1. The van der Waals surface area contributed by atoms with Crippen molar-refractivity contribution in [1.82, 2.24) is 24.6 Å². The minimum Gasteiger partial charge on any atom is -0.444 e. The zero-order chi connectivity index (χ0) is 25.8. The van der Waals surface area contributed by atoms with E-state index in [1.54, 1.807) is 10.9 Å². The number of amides is 1. The van der Waals surface area contributed by atoms with Gasteiger partial charge in [-0.1, -0.05) is 0 Å². The van der Waals surface area contributed by atoms with Crippen molar-refractivity contribution in [3.05, 3.63) is 47.0 Å². The molecule has 8 nitrogen and oxygen atoms in total. The second-order valence-electron chi connectivity index (χ2n) is 11.2. The van der Waals surface area contributed by atoms with Gasteiger partial charge in [0.1, 0.15) is 17.6 Å². The number of piperidine rings is 1. The molecule has 36 heavy (non-hydrogen) atoms. The van der Waals surface area contributed by atoms with Gasteiger partial charge in [0.2, 0.25) is 0 Å². The van der Waals surface area contributed by atoms with Gasteiger partial charge in [0.15, 0.2) is 5.82 Å². The van der Waals surface area contributed by atoms with E-state index in [0.717, 1.165) is 27.7 Å². The van der Waals surface area contributed by atoms with Gasteiger partial charge in [0.25, 0.3) is 0 Å². The fraction of sp³-hybridized carbons (Fsp3) is 0.556. The van der Waals surface area contributed by atoms with E-state index in [1.165, 1.54) is 4.90 Å². The molecule has 1 aromatic carbocycles. The Morgan fingerprint density at radius 1 is 1.17 bits per heavy atom. The van der Waals surface area contributed by atoms with Crippen molar-refractivity contribution in [1.29, 1.82) is 0 Å². The Bertz CT molecular complexity index is 1290. The highest BCUT2D eigenvalue weighted by Gasteiger charge is 2.35. The van der Waals surface area contributed by atoms with Crippen molar-refractivity contribution in [2.24, 2.45) is 0 Å². The maximum atomic E-state index is 15.5. The third-order valence-electron chi connectivity index (χ3n) is 7.14. The van der Waals surface area contributed by atoms with Gasteiger partial charge < -0.3 is 14.7 Å². The van der Waals surface area contributed by atoms with E-state index >= 15 is 4.39 Å². The number of aromatic nitrogens is 4. The van der Waals surface area contributed by atoms with E-state index in [2.05, 4.69) is 15.1 Å². The number of ether oxygens (including phenoxy) is 1. The monoisotopic (exact) mass is 495 g/mol. The maximum absolute atomic E-state index is 15.5. The first-order chi connectivity index (χ1) is 17.0. The van der Waals surface area contributed by atoms with E-state index in [1.807, 2.05) is 52.8 Å². The van der Waals surface area contributed by atoms with Crippen molar-refractivity contribution in [2.75, 3.05) is 13.1 Å². The summed E-state index contributed by atoms with van der Waals surface area (Å²) < 4.78 is 22.7. The third-order valence-corrected chi connectivity index (χ3v) is 7.14. The number of alkyl halides is 1. The summed E-state index contributed by atoms with van der Waals surface area (Å²) in [5, 5.41) is 15.3. The SMILES string of the molecule is Cc1nc(-n2ncc3cc(C)c(C4CCN(C(=O)OC(C)(C)C)CC4F)cc32)cc([C@H]2C[C@@H](O)C2)n1. The van der Waals surface area contributed by atoms with Crippen molar-refractivity contribution < 1.29 is 19.0 Å². The minimum absolute atomic E-state index is 0.0119. The minimum atomic E-state index is -1.20. The number of likely N-dealkylation sites (tertiary alicyclic amines) is 1. The molecule has 1 saturated carbocycles. The van der Waals surface area contributed by atoms with E-state index in [9.17, 15) is 9.90 Å². The standard InChI is InChI=1S/C27H34FN5O3/c1-15-8-18-13-29-33(25-12-23(30-16(2)31-25)17-9-19(34)10-17)24(18)11-21(15)20-6-7-32(14-22(20)28)26(35)36-27(3,4)5/h8,11-13,17,19-20,22,34H,6-7,9-10,14H2,1-5H3/t17-,19+,20?,22?. The van der Waals surface area contributed by atoms with Crippen molar-refractivity contribution in [2.45, 2.75) is 83.6 Å². The number of carbonyl (C=O) groups is 1. The van der Waals surface area contributed by atoms with Gasteiger partial charge >= 0.3 is 6.09 Å². The lowest BCUT2D eigenvalue weighted by Gasteiger charge is -2.36. The largest absolute Gasteiger partial charge is 0.444 e. The van der Waals surface area contributed by atoms with Crippen LogP contribution in [-0.4, -0.2) is 66.8 Å². The molecule has 2 fully saturated rings. The van der Waals surface area contributed by atoms with Gasteiger partial charge in [-0.05, 0) is 77.1 Å². The number of aliphatic hydroxyl groups is 1. The average Bonchev–Trinajstić information content (AvgIpc) is 3.17. The van der Waals surface area contributed by atoms with Crippen LogP contribution in [-0.2, 0) is 4.74 Å². The van der Waals surface area contributed by atoms with Crippen LogP contribution in [0.1, 0.15) is 74.5 Å². The molecule has 2 aromatic heterocycles. The summed E-state index contributed by atoms with van der Waals surface area (Å²) in [5.41, 5.74) is 3.08. The first kappa shape index (κ1) is 24.6. The lowest BCUT2D eigenvalue weighted by atomic mass is 9.80. The van der Waals surface area contributed by atoms with Crippen LogP contribution in [0.25, 0.3) is 16.7 Å². The van der Waals surface area contributed by atoms with Gasteiger partial charge in [-0.25, -0.2) is 23.8 Å². The maximum Gasteiger partial charge on any atom is 0.410 e. The molecule has 1 aliphatic heterocycles. The Kier molecular flexibility index (Phi) is 6.22. The zero-order valence-corrected chi connectivity index (χ0v) is 21.5. The Morgan fingerprint density at radius 3 is 2.58 bits per heavy atom. The van der Waals surface area contributed by atoms with Crippen LogP contribution in [0, 0.1) is 13.8 Å². The second-order valence-corrected chi connectivity index (χ2v) is 11.2. The molecule has 5 rings (SSSR count). The van der Waals surface area contributed by atoms with Crippen LogP contribution in [0.5, 0.6) is 0 Å². The molecule has 3 heterocycles.